The van der Waals surface area contributed by atoms with Gasteiger partial charge in [0.2, 0.25) is 0 Å². The Kier molecular flexibility index (Phi) is 5.17. The van der Waals surface area contributed by atoms with Crippen molar-refractivity contribution in [2.45, 2.75) is 18.6 Å². The van der Waals surface area contributed by atoms with Gasteiger partial charge < -0.3 is 15.1 Å². The zero-order valence-electron chi connectivity index (χ0n) is 15.1. The zero-order valence-corrected chi connectivity index (χ0v) is 15.8. The fourth-order valence-corrected chi connectivity index (χ4v) is 3.46. The topological polar surface area (TPSA) is 78.6 Å². The first-order valence-electron chi connectivity index (χ1n) is 9.09. The zero-order chi connectivity index (χ0) is 19.7. The number of nitrogens with zero attached hydrogens (tertiary/aromatic N) is 3. The lowest BCUT2D eigenvalue weighted by Gasteiger charge is -2.33. The van der Waals surface area contributed by atoms with Gasteiger partial charge in [-0.1, -0.05) is 41.9 Å². The van der Waals surface area contributed by atoms with Gasteiger partial charge >= 0.3 is 0 Å². The molecule has 0 unspecified atom stereocenters. The molecule has 28 heavy (non-hydrogen) atoms. The lowest BCUT2D eigenvalue weighted by molar-refractivity contribution is -0.0321. The van der Waals surface area contributed by atoms with Crippen molar-refractivity contribution < 1.29 is 15.0 Å². The molecular formula is C21H20ClN3O3. The molecule has 0 saturated carbocycles. The van der Waals surface area contributed by atoms with Gasteiger partial charge in [0.1, 0.15) is 5.69 Å². The second-order valence-corrected chi connectivity index (χ2v) is 7.29. The molecule has 2 aromatic carbocycles. The first-order valence-corrected chi connectivity index (χ1v) is 9.47. The molecule has 3 aromatic rings. The number of piperidine rings is 1. The van der Waals surface area contributed by atoms with E-state index in [1.54, 1.807) is 27.9 Å². The molecule has 0 spiro atoms. The van der Waals surface area contributed by atoms with E-state index >= 15 is 0 Å². The summed E-state index contributed by atoms with van der Waals surface area (Å²) in [4.78, 5) is 14.8. The predicted octanol–water partition coefficient (Wildman–Crippen LogP) is 2.76. The highest BCUT2D eigenvalue weighted by Gasteiger charge is 2.31. The number of halogens is 1. The van der Waals surface area contributed by atoms with Crippen LogP contribution in [0.4, 0.5) is 0 Å². The van der Waals surface area contributed by atoms with Gasteiger partial charge in [-0.3, -0.25) is 4.79 Å². The van der Waals surface area contributed by atoms with Crippen molar-refractivity contribution in [1.29, 1.82) is 0 Å². The number of rotatable bonds is 3. The van der Waals surface area contributed by atoms with Crippen LogP contribution >= 0.6 is 11.6 Å². The molecule has 1 fully saturated rings. The van der Waals surface area contributed by atoms with Gasteiger partial charge in [0.05, 0.1) is 23.5 Å². The summed E-state index contributed by atoms with van der Waals surface area (Å²) in [5.41, 5.74) is 2.60. The molecule has 1 aliphatic rings. The van der Waals surface area contributed by atoms with E-state index in [0.29, 0.717) is 29.2 Å². The van der Waals surface area contributed by atoms with Crippen molar-refractivity contribution in [2.24, 2.45) is 0 Å². The van der Waals surface area contributed by atoms with Crippen molar-refractivity contribution in [1.82, 2.24) is 14.7 Å². The fourth-order valence-electron chi connectivity index (χ4n) is 3.34. The summed E-state index contributed by atoms with van der Waals surface area (Å²) in [5, 5.41) is 25.0. The Balaban J connectivity index is 1.75. The van der Waals surface area contributed by atoms with Crippen LogP contribution in [0.5, 0.6) is 0 Å². The van der Waals surface area contributed by atoms with E-state index in [4.69, 9.17) is 11.6 Å². The van der Waals surface area contributed by atoms with Gasteiger partial charge in [-0.25, -0.2) is 4.68 Å². The minimum absolute atomic E-state index is 0.0938. The van der Waals surface area contributed by atoms with Crippen LogP contribution < -0.4 is 0 Å². The van der Waals surface area contributed by atoms with Gasteiger partial charge in [0.15, 0.2) is 0 Å². The van der Waals surface area contributed by atoms with Gasteiger partial charge in [0.25, 0.3) is 5.91 Å². The van der Waals surface area contributed by atoms with E-state index in [1.807, 2.05) is 42.5 Å². The molecule has 1 saturated heterocycles. The molecule has 144 valence electrons. The van der Waals surface area contributed by atoms with Crippen LogP contribution in [0.15, 0.2) is 60.8 Å². The Bertz CT molecular complexity index is 972. The SMILES string of the molecule is O=C(c1cn(-c2ccccc2)nc1-c1ccc(Cl)cc1)N1CC[C@H](O)[C@@H](O)C1. The summed E-state index contributed by atoms with van der Waals surface area (Å²) >= 11 is 6.00. The van der Waals surface area contributed by atoms with E-state index in [9.17, 15) is 15.0 Å². The number of amides is 1. The van der Waals surface area contributed by atoms with E-state index in [0.717, 1.165) is 11.3 Å². The Morgan fingerprint density at radius 2 is 1.75 bits per heavy atom. The fraction of sp³-hybridized carbons (Fsp3) is 0.238. The molecule has 0 bridgehead atoms. The highest BCUT2D eigenvalue weighted by atomic mass is 35.5. The number of benzene rings is 2. The maximum atomic E-state index is 13.2. The largest absolute Gasteiger partial charge is 0.390 e. The number of aromatic nitrogens is 2. The molecule has 2 atom stereocenters. The van der Waals surface area contributed by atoms with Gasteiger partial charge in [-0.2, -0.15) is 5.10 Å². The number of β-amino-alcohol motifs (C(OH)–C–C–N with tert-alkyl or cyclic N) is 1. The van der Waals surface area contributed by atoms with Gasteiger partial charge in [0, 0.05) is 29.9 Å². The summed E-state index contributed by atoms with van der Waals surface area (Å²) in [5.74, 6) is -0.224. The minimum atomic E-state index is -0.944. The molecule has 2 heterocycles. The first-order chi connectivity index (χ1) is 13.5. The Morgan fingerprint density at radius 1 is 1.04 bits per heavy atom. The Morgan fingerprint density at radius 3 is 2.43 bits per heavy atom. The maximum Gasteiger partial charge on any atom is 0.257 e. The van der Waals surface area contributed by atoms with Crippen LogP contribution in [0.2, 0.25) is 5.02 Å². The number of aliphatic hydroxyl groups excluding tert-OH is 2. The number of hydrogen-bond donors (Lipinski definition) is 2. The van der Waals surface area contributed by atoms with E-state index < -0.39 is 12.2 Å². The summed E-state index contributed by atoms with van der Waals surface area (Å²) in [6.45, 7) is 0.476. The lowest BCUT2D eigenvalue weighted by Crippen LogP contribution is -2.49. The second kappa shape index (κ2) is 7.75. The normalized spacial score (nSPS) is 19.6. The standard InChI is InChI=1S/C21H20ClN3O3/c22-15-8-6-14(7-9-15)20-17(12-25(23-20)16-4-2-1-3-5-16)21(28)24-11-10-18(26)19(27)13-24/h1-9,12,18-19,26-27H,10-11,13H2/t18-,19-/m0/s1. The summed E-state index contributed by atoms with van der Waals surface area (Å²) in [6.07, 6.45) is 0.308. The number of likely N-dealkylation sites (tertiary alicyclic amines) is 1. The summed E-state index contributed by atoms with van der Waals surface area (Å²) < 4.78 is 1.67. The summed E-state index contributed by atoms with van der Waals surface area (Å²) in [6, 6.07) is 16.7. The lowest BCUT2D eigenvalue weighted by atomic mass is 10.0. The Hall–Kier alpha value is -2.67. The molecule has 0 radical (unpaired) electrons. The molecule has 7 heteroatoms. The molecule has 4 rings (SSSR count). The van der Waals surface area contributed by atoms with Crippen LogP contribution in [0.25, 0.3) is 16.9 Å². The average Bonchev–Trinajstić information content (AvgIpc) is 3.16. The smallest absolute Gasteiger partial charge is 0.257 e. The number of hydrogen-bond acceptors (Lipinski definition) is 4. The molecule has 1 aliphatic heterocycles. The van der Waals surface area contributed by atoms with Crippen LogP contribution in [-0.4, -0.2) is 56.1 Å². The van der Waals surface area contributed by atoms with Crippen LogP contribution in [0.1, 0.15) is 16.8 Å². The predicted molar refractivity (Wildman–Crippen MR) is 107 cm³/mol. The van der Waals surface area contributed by atoms with E-state index in [2.05, 4.69) is 5.10 Å². The summed E-state index contributed by atoms with van der Waals surface area (Å²) in [7, 11) is 0. The number of para-hydroxylation sites is 1. The van der Waals surface area contributed by atoms with Crippen molar-refractivity contribution in [3.8, 4) is 16.9 Å². The molecular weight excluding hydrogens is 378 g/mol. The van der Waals surface area contributed by atoms with Crippen LogP contribution in [0.3, 0.4) is 0 Å². The second-order valence-electron chi connectivity index (χ2n) is 6.85. The van der Waals surface area contributed by atoms with Crippen LogP contribution in [0, 0.1) is 0 Å². The van der Waals surface area contributed by atoms with E-state index in [-0.39, 0.29) is 12.5 Å². The molecule has 2 N–H and O–H groups in total. The van der Waals surface area contributed by atoms with Crippen LogP contribution in [-0.2, 0) is 0 Å². The number of carbonyl (C=O) groups is 1. The molecule has 1 amide bonds. The third-order valence-corrected chi connectivity index (χ3v) is 5.17. The van der Waals surface area contributed by atoms with Gasteiger partial charge in [-0.15, -0.1) is 0 Å². The third-order valence-electron chi connectivity index (χ3n) is 4.92. The number of aliphatic hydroxyl groups is 2. The van der Waals surface area contributed by atoms with Crippen molar-refractivity contribution in [3.05, 3.63) is 71.4 Å². The van der Waals surface area contributed by atoms with Crippen molar-refractivity contribution in [3.63, 3.8) is 0 Å². The van der Waals surface area contributed by atoms with Gasteiger partial charge in [-0.05, 0) is 30.7 Å². The van der Waals surface area contributed by atoms with Crippen molar-refractivity contribution in [2.75, 3.05) is 13.1 Å². The van der Waals surface area contributed by atoms with E-state index in [1.165, 1.54) is 0 Å². The molecule has 1 aromatic heterocycles. The minimum Gasteiger partial charge on any atom is -0.390 e. The third kappa shape index (κ3) is 3.67. The highest BCUT2D eigenvalue weighted by molar-refractivity contribution is 6.30. The van der Waals surface area contributed by atoms with Crippen molar-refractivity contribution >= 4 is 17.5 Å². The number of carbonyl (C=O) groups excluding carboxylic acids is 1. The average molecular weight is 398 g/mol. The first kappa shape index (κ1) is 18.7. The maximum absolute atomic E-state index is 13.2. The quantitative estimate of drug-likeness (QED) is 0.712. The Labute approximate surface area is 167 Å². The highest BCUT2D eigenvalue weighted by Crippen LogP contribution is 2.27. The molecule has 6 nitrogen and oxygen atoms in total. The molecule has 0 aliphatic carbocycles. The monoisotopic (exact) mass is 397 g/mol.